The first-order valence-corrected chi connectivity index (χ1v) is 18.2. The van der Waals surface area contributed by atoms with Gasteiger partial charge in [-0.3, -0.25) is 19.2 Å². The van der Waals surface area contributed by atoms with Crippen LogP contribution in [0.1, 0.15) is 63.7 Å². The first kappa shape index (κ1) is 43.0. The topological polar surface area (TPSA) is 127 Å². The Morgan fingerprint density at radius 3 is 0.891 bits per heavy atom. The van der Waals surface area contributed by atoms with Crippen LogP contribution >= 0.6 is 0 Å². The highest BCUT2D eigenvalue weighted by molar-refractivity contribution is 6.36. The normalized spacial score (nSPS) is 14.4. The van der Waals surface area contributed by atoms with E-state index in [1.807, 2.05) is 0 Å². The van der Waals surface area contributed by atoms with E-state index in [0.29, 0.717) is 46.2 Å². The van der Waals surface area contributed by atoms with Gasteiger partial charge in [-0.15, -0.1) is 0 Å². The van der Waals surface area contributed by atoms with Crippen molar-refractivity contribution in [3.63, 3.8) is 0 Å². The van der Waals surface area contributed by atoms with Gasteiger partial charge in [0.25, 0.3) is 23.6 Å². The van der Waals surface area contributed by atoms with Crippen LogP contribution in [0.5, 0.6) is 0 Å². The van der Waals surface area contributed by atoms with Gasteiger partial charge in [0.1, 0.15) is 0 Å². The number of fused-ring (bicyclic) bond motifs is 2. The second-order valence-electron chi connectivity index (χ2n) is 14.5. The second kappa shape index (κ2) is 14.5. The quantitative estimate of drug-likeness (QED) is 0.101. The van der Waals surface area contributed by atoms with Gasteiger partial charge in [-0.2, -0.15) is 52.7 Å². The molecule has 0 fully saturated rings. The standard InChI is InChI=1S/C44H22F12N4O4/c45-41(46,47)33-15-21(57)3-9-25(33)27-11-5-23(17-35(27)43(51,52)53)59-37(61)29-7-1-19(13-31(29)39(59)63)20-2-8-30-32(14-20)40(64)60(38(30)62)24-6-12-28(36(18-24)44(54,55)56)26-10-4-22(58)16-34(26)42(48,49)50/h1-18H,57-58H2. The van der Waals surface area contributed by atoms with E-state index in [4.69, 9.17) is 11.5 Å². The van der Waals surface area contributed by atoms with E-state index in [0.717, 1.165) is 60.7 Å². The Morgan fingerprint density at radius 2 is 0.578 bits per heavy atom. The molecule has 0 spiro atoms. The van der Waals surface area contributed by atoms with Gasteiger partial charge in [0.15, 0.2) is 0 Å². The zero-order chi connectivity index (χ0) is 46.6. The lowest BCUT2D eigenvalue weighted by Crippen LogP contribution is -2.29. The fourth-order valence-corrected chi connectivity index (χ4v) is 7.65. The second-order valence-corrected chi connectivity index (χ2v) is 14.5. The summed E-state index contributed by atoms with van der Waals surface area (Å²) in [7, 11) is 0. The average molecular weight is 899 g/mol. The number of hydrogen-bond acceptors (Lipinski definition) is 6. The number of imide groups is 2. The van der Waals surface area contributed by atoms with Crippen LogP contribution in [-0.2, 0) is 24.7 Å². The van der Waals surface area contributed by atoms with Crippen molar-refractivity contribution < 1.29 is 71.9 Å². The molecule has 20 heteroatoms. The molecule has 64 heavy (non-hydrogen) atoms. The maximum Gasteiger partial charge on any atom is 0.417 e. The van der Waals surface area contributed by atoms with E-state index in [1.54, 1.807) is 0 Å². The van der Waals surface area contributed by atoms with Crippen LogP contribution in [-0.4, -0.2) is 23.6 Å². The molecule has 0 aliphatic carbocycles. The molecule has 0 bridgehead atoms. The number of halogens is 12. The molecule has 0 saturated heterocycles. The minimum Gasteiger partial charge on any atom is -0.399 e. The molecule has 2 aliphatic rings. The summed E-state index contributed by atoms with van der Waals surface area (Å²) in [4.78, 5) is 55.2. The van der Waals surface area contributed by atoms with Crippen LogP contribution in [0.2, 0.25) is 0 Å². The monoisotopic (exact) mass is 898 g/mol. The van der Waals surface area contributed by atoms with E-state index >= 15 is 0 Å². The third kappa shape index (κ3) is 7.23. The Balaban J connectivity index is 1.12. The Labute approximate surface area is 350 Å². The lowest BCUT2D eigenvalue weighted by atomic mass is 9.93. The van der Waals surface area contributed by atoms with E-state index < -0.39 is 104 Å². The molecule has 326 valence electrons. The molecule has 2 heterocycles. The van der Waals surface area contributed by atoms with E-state index in [2.05, 4.69) is 0 Å². The summed E-state index contributed by atoms with van der Waals surface area (Å²) in [6.07, 6.45) is -20.8. The Kier molecular flexibility index (Phi) is 9.72. The highest BCUT2D eigenvalue weighted by Crippen LogP contribution is 2.47. The van der Waals surface area contributed by atoms with Gasteiger partial charge >= 0.3 is 24.7 Å². The number of rotatable bonds is 5. The zero-order valence-corrected chi connectivity index (χ0v) is 31.6. The van der Waals surface area contributed by atoms with Crippen molar-refractivity contribution in [2.45, 2.75) is 24.7 Å². The smallest absolute Gasteiger partial charge is 0.399 e. The number of nitrogens with two attached hydrogens (primary N) is 2. The number of nitrogens with zero attached hydrogens (tertiary/aromatic N) is 2. The summed E-state index contributed by atoms with van der Waals surface area (Å²) in [6.45, 7) is 0. The minimum absolute atomic E-state index is 0.116. The molecule has 0 atom stereocenters. The molecule has 8 nitrogen and oxygen atoms in total. The summed E-state index contributed by atoms with van der Waals surface area (Å²) < 4.78 is 170. The van der Waals surface area contributed by atoms with Gasteiger partial charge in [0, 0.05) is 11.4 Å². The predicted octanol–water partition coefficient (Wildman–Crippen LogP) is 11.5. The van der Waals surface area contributed by atoms with Crippen molar-refractivity contribution in [3.05, 3.63) is 154 Å². The SMILES string of the molecule is Nc1ccc(-c2ccc(N3C(=O)c4ccc(-c5ccc6c(c5)C(=O)N(c5ccc(-c7ccc(N)cc7C(F)(F)F)c(C(F)(F)F)c5)C6=O)cc4C3=O)cc2C(F)(F)F)c(C(F)(F)F)c1. The summed E-state index contributed by atoms with van der Waals surface area (Å²) >= 11 is 0. The minimum atomic E-state index is -5.29. The molecule has 0 radical (unpaired) electrons. The molecular formula is C44H22F12N4O4. The van der Waals surface area contributed by atoms with Gasteiger partial charge in [0.05, 0.1) is 55.9 Å². The van der Waals surface area contributed by atoms with Gasteiger partial charge < -0.3 is 11.5 Å². The first-order valence-electron chi connectivity index (χ1n) is 18.2. The van der Waals surface area contributed by atoms with Crippen LogP contribution in [0, 0.1) is 0 Å². The Morgan fingerprint density at radius 1 is 0.312 bits per heavy atom. The van der Waals surface area contributed by atoms with Crippen LogP contribution in [0.4, 0.5) is 75.4 Å². The summed E-state index contributed by atoms with van der Waals surface area (Å²) in [5.41, 5.74) is -1.77. The molecule has 8 rings (SSSR count). The number of alkyl halides is 12. The van der Waals surface area contributed by atoms with E-state index in [-0.39, 0.29) is 44.8 Å². The number of benzene rings is 6. The molecule has 6 aromatic rings. The molecule has 0 aromatic heterocycles. The number of nitrogen functional groups attached to an aromatic ring is 2. The number of hydrogen-bond donors (Lipinski definition) is 2. The van der Waals surface area contributed by atoms with E-state index in [1.165, 1.54) is 12.1 Å². The van der Waals surface area contributed by atoms with Crippen molar-refractivity contribution in [2.75, 3.05) is 21.3 Å². The highest BCUT2D eigenvalue weighted by Gasteiger charge is 2.44. The number of carbonyl (C=O) groups excluding carboxylic acids is 4. The molecule has 0 unspecified atom stereocenters. The number of amides is 4. The largest absolute Gasteiger partial charge is 0.417 e. The summed E-state index contributed by atoms with van der Waals surface area (Å²) in [6, 6.07) is 15.4. The van der Waals surface area contributed by atoms with E-state index in [9.17, 15) is 71.9 Å². The van der Waals surface area contributed by atoms with Gasteiger partial charge in [-0.1, -0.05) is 36.4 Å². The average Bonchev–Trinajstić information content (AvgIpc) is 3.61. The Hall–Kier alpha value is -7.64. The maximum absolute atomic E-state index is 14.5. The summed E-state index contributed by atoms with van der Waals surface area (Å²) in [5, 5.41) is 0. The maximum atomic E-state index is 14.5. The van der Waals surface area contributed by atoms with Crippen molar-refractivity contribution in [2.24, 2.45) is 0 Å². The summed E-state index contributed by atoms with van der Waals surface area (Å²) in [5.74, 6) is -4.43. The van der Waals surface area contributed by atoms with Crippen LogP contribution in [0.25, 0.3) is 33.4 Å². The molecule has 2 aliphatic heterocycles. The third-order valence-electron chi connectivity index (χ3n) is 10.5. The highest BCUT2D eigenvalue weighted by atomic mass is 19.4. The third-order valence-corrected chi connectivity index (χ3v) is 10.5. The van der Waals surface area contributed by atoms with Crippen molar-refractivity contribution >= 4 is 46.4 Å². The lowest BCUT2D eigenvalue weighted by molar-refractivity contribution is -0.139. The lowest BCUT2D eigenvalue weighted by Gasteiger charge is -2.21. The van der Waals surface area contributed by atoms with Crippen molar-refractivity contribution in [1.29, 1.82) is 0 Å². The van der Waals surface area contributed by atoms with Crippen molar-refractivity contribution in [1.82, 2.24) is 0 Å². The van der Waals surface area contributed by atoms with Crippen molar-refractivity contribution in [3.8, 4) is 33.4 Å². The first-order chi connectivity index (χ1) is 29.8. The molecule has 4 N–H and O–H groups in total. The van der Waals surface area contributed by atoms with Crippen LogP contribution in [0.15, 0.2) is 109 Å². The fraction of sp³-hybridized carbons (Fsp3) is 0.0909. The predicted molar refractivity (Wildman–Crippen MR) is 207 cm³/mol. The molecule has 6 aromatic carbocycles. The number of carbonyl (C=O) groups is 4. The Bertz CT molecular complexity index is 2820. The molecular weight excluding hydrogens is 876 g/mol. The van der Waals surface area contributed by atoms with Gasteiger partial charge in [0.2, 0.25) is 0 Å². The molecule has 4 amide bonds. The number of anilines is 4. The van der Waals surface area contributed by atoms with Gasteiger partial charge in [-0.05, 0) is 106 Å². The van der Waals surface area contributed by atoms with Crippen LogP contribution in [0.3, 0.4) is 0 Å². The molecule has 0 saturated carbocycles. The van der Waals surface area contributed by atoms with Gasteiger partial charge in [-0.25, -0.2) is 9.80 Å². The zero-order valence-electron chi connectivity index (χ0n) is 31.6. The van der Waals surface area contributed by atoms with Crippen LogP contribution < -0.4 is 21.3 Å². The fourth-order valence-electron chi connectivity index (χ4n) is 7.65.